The largest absolute Gasteiger partial charge is 0.370 e. The highest BCUT2D eigenvalue weighted by Crippen LogP contribution is 2.33. The molecule has 584 valence electrons. The van der Waals surface area contributed by atoms with E-state index in [0.717, 1.165) is 15.9 Å². The molecule has 1 fully saturated rings. The number of rotatable bonds is 16. The fourth-order valence-corrected chi connectivity index (χ4v) is 14.4. The molecule has 0 aliphatic carbocycles. The van der Waals surface area contributed by atoms with Crippen LogP contribution < -0.4 is 36.4 Å². The second-order valence-corrected chi connectivity index (χ2v) is 33.6. The Morgan fingerprint density at radius 2 is 0.971 bits per heavy atom. The molecule has 8 N–H and O–H groups in total. The summed E-state index contributed by atoms with van der Waals surface area (Å²) in [6.07, 6.45) is 4.28. The van der Waals surface area contributed by atoms with Gasteiger partial charge >= 0.3 is 0 Å². The Morgan fingerprint density at radius 3 is 1.44 bits per heavy atom. The van der Waals surface area contributed by atoms with E-state index in [9.17, 15) is 64.8 Å². The molecule has 1 saturated heterocycles. The number of amides is 11. The quantitative estimate of drug-likeness (QED) is 0.0921. The Labute approximate surface area is 616 Å². The van der Waals surface area contributed by atoms with Gasteiger partial charge in [-0.05, 0) is 106 Å². The summed E-state index contributed by atoms with van der Waals surface area (Å²) in [5.74, 6) is -11.6. The number of nitrogens with two attached hydrogens (primary N) is 1. The maximum atomic E-state index is 15.2. The predicted octanol–water partition coefficient (Wildman–Crippen LogP) is 3.37. The van der Waals surface area contributed by atoms with Crippen molar-refractivity contribution < 1.29 is 74.4 Å². The first-order valence-corrected chi connectivity index (χ1v) is 38.5. The molecule has 0 aromatic heterocycles. The molecule has 0 saturated carbocycles. The summed E-state index contributed by atoms with van der Waals surface area (Å²) < 4.78 is 47.9. The summed E-state index contributed by atoms with van der Waals surface area (Å²) in [5, 5.41) is 18.5. The van der Waals surface area contributed by atoms with Crippen molar-refractivity contribution >= 4 is 108 Å². The molecule has 0 unspecified atom stereocenters. The van der Waals surface area contributed by atoms with Crippen molar-refractivity contribution in [2.24, 2.45) is 52.5 Å². The molecule has 2 aliphatic heterocycles. The summed E-state index contributed by atoms with van der Waals surface area (Å²) in [6.45, 7) is 30.8. The van der Waals surface area contributed by atoms with Crippen LogP contribution in [0, 0.1) is 47.3 Å². The van der Waals surface area contributed by atoms with Crippen LogP contribution in [-0.4, -0.2) is 245 Å². The fourth-order valence-electron chi connectivity index (χ4n) is 12.1. The van der Waals surface area contributed by atoms with Gasteiger partial charge < -0.3 is 60.9 Å². The number of hydrogen-bond donors (Lipinski definition) is 7. The third-order valence-corrected chi connectivity index (χ3v) is 21.1. The van der Waals surface area contributed by atoms with Crippen LogP contribution in [0.5, 0.6) is 0 Å². The highest BCUT2D eigenvalue weighted by molar-refractivity contribution is 7.90. The number of benzene rings is 1. The monoisotopic (exact) mass is 1510 g/mol. The minimum Gasteiger partial charge on any atom is -0.370 e. The number of hydrogen-bond acceptors (Lipinski definition) is 17. The van der Waals surface area contributed by atoms with Crippen LogP contribution in [0.4, 0.5) is 5.69 Å². The zero-order chi connectivity index (χ0) is 79.7. The summed E-state index contributed by atoms with van der Waals surface area (Å²) in [6, 6.07) is -10.6. The number of carbonyl (C=O) groups is 12. The van der Waals surface area contributed by atoms with Crippen molar-refractivity contribution in [3.63, 3.8) is 0 Å². The lowest BCUT2D eigenvalue weighted by molar-refractivity contribution is -0.157. The van der Waals surface area contributed by atoms with Gasteiger partial charge in [0, 0.05) is 55.3 Å². The van der Waals surface area contributed by atoms with Gasteiger partial charge in [0.05, 0.1) is 23.9 Å². The van der Waals surface area contributed by atoms with E-state index >= 15 is 9.59 Å². The molecule has 2 heterocycles. The Bertz CT molecular complexity index is 3480. The van der Waals surface area contributed by atoms with Gasteiger partial charge in [-0.2, -0.15) is 4.72 Å². The maximum Gasteiger partial charge on any atom is 0.251 e. The van der Waals surface area contributed by atoms with Crippen LogP contribution in [0.1, 0.15) is 157 Å². The molecular weight excluding hydrogens is 1390 g/mol. The molecule has 30 nitrogen and oxygen atoms in total. The first-order valence-electron chi connectivity index (χ1n) is 35.1. The summed E-state index contributed by atoms with van der Waals surface area (Å²) in [5.41, 5.74) is 0.237. The minimum absolute atomic E-state index is 0.0143. The molecule has 0 spiro atoms. The number of allylic oxidation sites excluding steroid dienone is 2. The Balaban J connectivity index is 0.00000183. The summed E-state index contributed by atoms with van der Waals surface area (Å²) in [7, 11) is 2.00. The number of likely N-dealkylation sites (N-methyl/N-ethyl adjacent to an activating group) is 7. The van der Waals surface area contributed by atoms with Crippen LogP contribution in [0.3, 0.4) is 0 Å². The lowest BCUT2D eigenvalue weighted by Gasteiger charge is -2.41. The highest BCUT2D eigenvalue weighted by atomic mass is 35.5. The van der Waals surface area contributed by atoms with E-state index in [-0.39, 0.29) is 78.0 Å². The van der Waals surface area contributed by atoms with Crippen LogP contribution in [0.25, 0.3) is 0 Å². The normalized spacial score (nSPS) is 25.0. The van der Waals surface area contributed by atoms with Gasteiger partial charge in [-0.15, -0.1) is 0 Å². The Kier molecular flexibility index (Phi) is 35.4. The lowest BCUT2D eigenvalue weighted by atomic mass is 9.92. The van der Waals surface area contributed by atoms with E-state index in [1.807, 2.05) is 55.4 Å². The Morgan fingerprint density at radius 1 is 0.544 bits per heavy atom. The molecule has 103 heavy (non-hydrogen) atoms. The molecule has 3 rings (SSSR count). The van der Waals surface area contributed by atoms with Gasteiger partial charge in [0.15, 0.2) is 11.8 Å². The standard InChI is InChI=1S/C63H111N11O12.C7H8ClN3O4S2/c1-26-27-28-41(16)53(76)52-57(80)67-49(38(10)11)61(84)68(19)33-48(75)69(20)44(29-34(2)3)56(79)66-50(39(12)13)62(85)70(21)45(30-35(4)5)55(78)64-42(17)54(77)65-43(18)58(81)71(22)46(31-36(6)7)59(82)72(23)47(32-37(8)9)60(83)73(24)51(40(14)15)63(86)74(52)25;8-4-1-5-7(2-6(4)16(9,12)13)17(14,15)11-3-10-5/h26-27,34-47,49-52H,28-33H2,1-25H3,(H,64,78)(H,65,77)(H,66,79)(H,67,80);1-2,10-11H,3H2,(H2,9,12,13)/b27-26+;/t41-,42+,43-,44+,45+,46+,47+,49+,50+,51+,52+;/m1./s1. The van der Waals surface area contributed by atoms with E-state index in [1.165, 1.54) is 93.7 Å². The molecule has 11 amide bonds. The number of nitrogens with one attached hydrogen (secondary N) is 6. The van der Waals surface area contributed by atoms with E-state index in [2.05, 4.69) is 31.3 Å². The molecule has 1 aromatic carbocycles. The number of carbonyl (C=O) groups excluding carboxylic acids is 12. The second-order valence-electron chi connectivity index (χ2n) is 30.0. The third kappa shape index (κ3) is 25.2. The van der Waals surface area contributed by atoms with Crippen molar-refractivity contribution in [1.29, 1.82) is 0 Å². The van der Waals surface area contributed by atoms with Crippen LogP contribution in [0.15, 0.2) is 34.1 Å². The number of nitrogens with zero attached hydrogens (tertiary/aromatic N) is 7. The molecule has 2 aliphatic rings. The number of ketones is 1. The zero-order valence-electron chi connectivity index (χ0n) is 65.1. The van der Waals surface area contributed by atoms with Gasteiger partial charge in [0.25, 0.3) is 5.91 Å². The van der Waals surface area contributed by atoms with Gasteiger partial charge in [-0.3, -0.25) is 57.5 Å². The predicted molar refractivity (Wildman–Crippen MR) is 394 cm³/mol. The first kappa shape index (κ1) is 91.8. The molecule has 33 heteroatoms. The van der Waals surface area contributed by atoms with Crippen LogP contribution in [0.2, 0.25) is 5.02 Å². The van der Waals surface area contributed by atoms with Crippen molar-refractivity contribution in [3.05, 3.63) is 29.3 Å². The number of fused-ring (bicyclic) bond motifs is 1. The van der Waals surface area contributed by atoms with Gasteiger partial charge in [0.2, 0.25) is 79.1 Å². The topological polar surface area (TPSA) is 394 Å². The smallest absolute Gasteiger partial charge is 0.251 e. The van der Waals surface area contributed by atoms with Crippen LogP contribution >= 0.6 is 11.6 Å². The van der Waals surface area contributed by atoms with Gasteiger partial charge in [-0.1, -0.05) is 128 Å². The van der Waals surface area contributed by atoms with Crippen molar-refractivity contribution in [3.8, 4) is 0 Å². The fraction of sp³-hybridized carbons (Fsp3) is 0.714. The summed E-state index contributed by atoms with van der Waals surface area (Å²) in [4.78, 5) is 183. The number of anilines is 1. The van der Waals surface area contributed by atoms with Crippen molar-refractivity contribution in [2.75, 3.05) is 67.9 Å². The average molecular weight is 1510 g/mol. The Hall–Kier alpha value is -7.29. The number of sulfonamides is 2. The molecule has 0 bridgehead atoms. The first-order chi connectivity index (χ1) is 47.3. The van der Waals surface area contributed by atoms with Gasteiger partial charge in [-0.25, -0.2) is 22.0 Å². The SMILES string of the molecule is C/C=C/C[C@@H](C)C(=O)[C@H]1C(=O)N[C@@H](C(C)C)C(=O)N(C)CC(=O)N(C)[C@@H](CC(C)C)C(=O)N[C@@H](C(C)C)C(=O)N(C)[C@@H](CC(C)C)C(=O)N[C@@H](C)C(=O)N[C@H](C)C(=O)N(C)[C@@H](CC(C)C)C(=O)N(C)[C@@H](CC(C)C)C(=O)N(C)[C@@H](C(C)C)C(=O)N1C.NS(=O)(=O)c1cc2c(cc1Cl)NCNS2(=O)=O. The molecular formula is C70H119ClN14O16S2. The van der Waals surface area contributed by atoms with E-state index in [4.69, 9.17) is 16.7 Å². The van der Waals surface area contributed by atoms with Crippen molar-refractivity contribution in [2.45, 2.75) is 227 Å². The lowest BCUT2D eigenvalue weighted by Crippen LogP contribution is -2.63. The number of Topliss-reactive ketones (excluding diaryl/α,β-unsaturated/α-hetero) is 1. The number of primary sulfonamides is 1. The van der Waals surface area contributed by atoms with E-state index in [0.29, 0.717) is 0 Å². The molecule has 0 radical (unpaired) electrons. The van der Waals surface area contributed by atoms with Crippen LogP contribution in [-0.2, 0) is 77.6 Å². The maximum absolute atomic E-state index is 15.2. The zero-order valence-corrected chi connectivity index (χ0v) is 67.5. The van der Waals surface area contributed by atoms with E-state index in [1.54, 1.807) is 67.5 Å². The highest BCUT2D eigenvalue weighted by Gasteiger charge is 2.46. The average Bonchev–Trinajstić information content (AvgIpc) is 0.775. The minimum atomic E-state index is -4.07. The molecule has 1 aromatic rings. The van der Waals surface area contributed by atoms with E-state index < -0.39 is 186 Å². The second kappa shape index (κ2) is 39.7. The third-order valence-electron chi connectivity index (χ3n) is 18.2. The summed E-state index contributed by atoms with van der Waals surface area (Å²) >= 11 is 5.72. The number of halogens is 1. The van der Waals surface area contributed by atoms with Gasteiger partial charge in [0.1, 0.15) is 64.2 Å². The molecule has 11 atom stereocenters. The van der Waals surface area contributed by atoms with Crippen molar-refractivity contribution in [1.82, 2.24) is 60.3 Å².